The van der Waals surface area contributed by atoms with Crippen molar-refractivity contribution in [2.24, 2.45) is 10.8 Å². The van der Waals surface area contributed by atoms with Gasteiger partial charge in [0.2, 0.25) is 0 Å². The molecule has 0 aliphatic rings. The zero-order chi connectivity index (χ0) is 15.5. The highest BCUT2D eigenvalue weighted by Gasteiger charge is 2.06. The number of H-pyrrole nitrogens is 1. The topological polar surface area (TPSA) is 79.1 Å². The molecule has 0 fully saturated rings. The SMILES string of the molecule is C/C(=N/NC(N)=S)c1ccc2nc(-c3ccccc3)[nH]c2c1. The maximum absolute atomic E-state index is 5.37. The Bertz CT molecular complexity index is 851. The summed E-state index contributed by atoms with van der Waals surface area (Å²) in [5.74, 6) is 0.851. The first-order valence-corrected chi connectivity index (χ1v) is 7.19. The Morgan fingerprint density at radius 1 is 1.23 bits per heavy atom. The molecule has 2 aromatic carbocycles. The fourth-order valence-electron chi connectivity index (χ4n) is 2.17. The Labute approximate surface area is 133 Å². The lowest BCUT2D eigenvalue weighted by Gasteiger charge is -2.01. The Hall–Kier alpha value is -2.73. The molecule has 22 heavy (non-hydrogen) atoms. The minimum Gasteiger partial charge on any atom is -0.375 e. The molecule has 3 rings (SSSR count). The molecule has 0 saturated carbocycles. The second-order valence-electron chi connectivity index (χ2n) is 4.86. The van der Waals surface area contributed by atoms with E-state index in [4.69, 9.17) is 18.0 Å². The van der Waals surface area contributed by atoms with Crippen LogP contribution in [0.3, 0.4) is 0 Å². The first-order valence-electron chi connectivity index (χ1n) is 6.79. The number of nitrogens with two attached hydrogens (primary N) is 1. The number of benzene rings is 2. The van der Waals surface area contributed by atoms with E-state index in [-0.39, 0.29) is 5.11 Å². The van der Waals surface area contributed by atoms with Crippen LogP contribution in [0.4, 0.5) is 0 Å². The molecule has 0 bridgehead atoms. The van der Waals surface area contributed by atoms with E-state index >= 15 is 0 Å². The van der Waals surface area contributed by atoms with Gasteiger partial charge in [-0.3, -0.25) is 5.43 Å². The minimum absolute atomic E-state index is 0.147. The molecule has 1 heterocycles. The van der Waals surface area contributed by atoms with Crippen molar-refractivity contribution in [2.45, 2.75) is 6.92 Å². The van der Waals surface area contributed by atoms with E-state index in [9.17, 15) is 0 Å². The number of hydrazone groups is 1. The molecule has 5 nitrogen and oxygen atoms in total. The van der Waals surface area contributed by atoms with Gasteiger partial charge in [-0.15, -0.1) is 0 Å². The van der Waals surface area contributed by atoms with Crippen LogP contribution in [-0.2, 0) is 0 Å². The minimum atomic E-state index is 0.147. The lowest BCUT2D eigenvalue weighted by Crippen LogP contribution is -2.25. The molecule has 0 aliphatic heterocycles. The fourth-order valence-corrected chi connectivity index (χ4v) is 2.22. The summed E-state index contributed by atoms with van der Waals surface area (Å²) in [6.07, 6.45) is 0. The quantitative estimate of drug-likeness (QED) is 0.395. The van der Waals surface area contributed by atoms with Crippen molar-refractivity contribution >= 4 is 34.1 Å². The smallest absolute Gasteiger partial charge is 0.184 e. The molecule has 0 radical (unpaired) electrons. The van der Waals surface area contributed by atoms with E-state index in [2.05, 4.69) is 20.5 Å². The van der Waals surface area contributed by atoms with Crippen molar-refractivity contribution in [3.05, 3.63) is 54.1 Å². The molecule has 1 aromatic heterocycles. The maximum Gasteiger partial charge on any atom is 0.184 e. The summed E-state index contributed by atoms with van der Waals surface area (Å²) in [4.78, 5) is 7.94. The van der Waals surface area contributed by atoms with Crippen LogP contribution >= 0.6 is 12.2 Å². The highest BCUT2D eigenvalue weighted by molar-refractivity contribution is 7.80. The average Bonchev–Trinajstić information content (AvgIpc) is 2.96. The van der Waals surface area contributed by atoms with E-state index in [0.29, 0.717) is 0 Å². The van der Waals surface area contributed by atoms with Crippen molar-refractivity contribution in [1.82, 2.24) is 15.4 Å². The molecule has 4 N–H and O–H groups in total. The summed E-state index contributed by atoms with van der Waals surface area (Å²) in [5, 5.41) is 4.28. The van der Waals surface area contributed by atoms with E-state index in [1.165, 1.54) is 0 Å². The van der Waals surface area contributed by atoms with Crippen LogP contribution in [0, 0.1) is 0 Å². The summed E-state index contributed by atoms with van der Waals surface area (Å²) in [5.41, 5.74) is 12.7. The Balaban J connectivity index is 1.97. The molecule has 0 amide bonds. The van der Waals surface area contributed by atoms with Gasteiger partial charge in [-0.1, -0.05) is 36.4 Å². The number of thiocarbonyl (C=S) groups is 1. The number of imidazole rings is 1. The molecule has 0 saturated heterocycles. The maximum atomic E-state index is 5.37. The van der Waals surface area contributed by atoms with Gasteiger partial charge in [-0.2, -0.15) is 5.10 Å². The van der Waals surface area contributed by atoms with Gasteiger partial charge in [-0.25, -0.2) is 4.98 Å². The van der Waals surface area contributed by atoms with Crippen molar-refractivity contribution in [3.63, 3.8) is 0 Å². The molecule has 0 unspecified atom stereocenters. The average molecular weight is 309 g/mol. The fraction of sp³-hybridized carbons (Fsp3) is 0.0625. The zero-order valence-electron chi connectivity index (χ0n) is 12.0. The lowest BCUT2D eigenvalue weighted by atomic mass is 10.1. The number of aromatic nitrogens is 2. The molecule has 6 heteroatoms. The highest BCUT2D eigenvalue weighted by Crippen LogP contribution is 2.21. The van der Waals surface area contributed by atoms with Crippen LogP contribution in [0.5, 0.6) is 0 Å². The monoisotopic (exact) mass is 309 g/mol. The van der Waals surface area contributed by atoms with Crippen molar-refractivity contribution in [3.8, 4) is 11.4 Å². The number of fused-ring (bicyclic) bond motifs is 1. The van der Waals surface area contributed by atoms with Gasteiger partial charge in [0.15, 0.2) is 5.11 Å². The van der Waals surface area contributed by atoms with E-state index in [0.717, 1.165) is 33.7 Å². The Morgan fingerprint density at radius 2 is 2.00 bits per heavy atom. The van der Waals surface area contributed by atoms with Gasteiger partial charge in [-0.05, 0) is 36.8 Å². The van der Waals surface area contributed by atoms with Gasteiger partial charge < -0.3 is 10.7 Å². The first-order chi connectivity index (χ1) is 10.6. The third kappa shape index (κ3) is 2.96. The summed E-state index contributed by atoms with van der Waals surface area (Å²) in [7, 11) is 0. The Morgan fingerprint density at radius 3 is 2.73 bits per heavy atom. The molecular formula is C16H15N5S. The number of rotatable bonds is 3. The van der Waals surface area contributed by atoms with Crippen LogP contribution in [0.15, 0.2) is 53.6 Å². The van der Waals surface area contributed by atoms with Crippen molar-refractivity contribution < 1.29 is 0 Å². The van der Waals surface area contributed by atoms with Crippen LogP contribution in [-0.4, -0.2) is 20.8 Å². The molecule has 110 valence electrons. The van der Waals surface area contributed by atoms with Gasteiger partial charge in [0.1, 0.15) is 5.82 Å². The van der Waals surface area contributed by atoms with E-state index in [1.807, 2.05) is 55.5 Å². The molecule has 3 aromatic rings. The highest BCUT2D eigenvalue weighted by atomic mass is 32.1. The molecular weight excluding hydrogens is 294 g/mol. The molecule has 0 spiro atoms. The van der Waals surface area contributed by atoms with Crippen LogP contribution in [0.25, 0.3) is 22.4 Å². The summed E-state index contributed by atoms with van der Waals surface area (Å²) in [6.45, 7) is 1.89. The Kier molecular flexibility index (Phi) is 3.84. The lowest BCUT2D eigenvalue weighted by molar-refractivity contribution is 1.03. The van der Waals surface area contributed by atoms with Crippen LogP contribution in [0.2, 0.25) is 0 Å². The van der Waals surface area contributed by atoms with Gasteiger partial charge >= 0.3 is 0 Å². The largest absolute Gasteiger partial charge is 0.375 e. The summed E-state index contributed by atoms with van der Waals surface area (Å²) < 4.78 is 0. The van der Waals surface area contributed by atoms with E-state index in [1.54, 1.807) is 0 Å². The normalized spacial score (nSPS) is 11.6. The molecule has 0 aliphatic carbocycles. The van der Waals surface area contributed by atoms with Crippen LogP contribution in [0.1, 0.15) is 12.5 Å². The third-order valence-electron chi connectivity index (χ3n) is 3.28. The van der Waals surface area contributed by atoms with Crippen molar-refractivity contribution in [1.29, 1.82) is 0 Å². The van der Waals surface area contributed by atoms with Crippen molar-refractivity contribution in [2.75, 3.05) is 0 Å². The second kappa shape index (κ2) is 5.95. The van der Waals surface area contributed by atoms with Gasteiger partial charge in [0, 0.05) is 5.56 Å². The number of hydrogen-bond acceptors (Lipinski definition) is 3. The number of hydrogen-bond donors (Lipinski definition) is 3. The summed E-state index contributed by atoms with van der Waals surface area (Å²) >= 11 is 4.74. The zero-order valence-corrected chi connectivity index (χ0v) is 12.8. The van der Waals surface area contributed by atoms with Crippen LogP contribution < -0.4 is 11.2 Å². The summed E-state index contributed by atoms with van der Waals surface area (Å²) in [6, 6.07) is 16.0. The van der Waals surface area contributed by atoms with E-state index < -0.39 is 0 Å². The number of aromatic amines is 1. The predicted molar refractivity (Wildman–Crippen MR) is 93.7 cm³/mol. The molecule has 0 atom stereocenters. The van der Waals surface area contributed by atoms with Gasteiger partial charge in [0.05, 0.1) is 16.7 Å². The first kappa shape index (κ1) is 14.2. The van der Waals surface area contributed by atoms with Gasteiger partial charge in [0.25, 0.3) is 0 Å². The standard InChI is InChI=1S/C16H15N5S/c1-10(20-21-16(17)22)12-7-8-13-14(9-12)19-15(18-13)11-5-3-2-4-6-11/h2-9H,1H3,(H,18,19)(H3,17,21,22)/b20-10-. The number of nitrogens with zero attached hydrogens (tertiary/aromatic N) is 2. The second-order valence-corrected chi connectivity index (χ2v) is 5.30. The third-order valence-corrected chi connectivity index (χ3v) is 3.37. The predicted octanol–water partition coefficient (Wildman–Crippen LogP) is 2.79. The number of nitrogens with one attached hydrogen (secondary N) is 2.